The predicted octanol–water partition coefficient (Wildman–Crippen LogP) is 2.82. The molecule has 1 heterocycles. The molecular formula is C25H38N4O4. The number of aliphatic hydroxyl groups is 1. The summed E-state index contributed by atoms with van der Waals surface area (Å²) in [4.78, 5) is 25.1. The fraction of sp³-hybridized carbons (Fsp3) is 0.720. The molecule has 0 radical (unpaired) electrons. The number of rotatable bonds is 9. The number of aromatic nitrogens is 2. The van der Waals surface area contributed by atoms with Gasteiger partial charge in [-0.2, -0.15) is 5.10 Å². The molecule has 2 atom stereocenters. The van der Waals surface area contributed by atoms with Crippen LogP contribution in [0, 0.1) is 34.5 Å². The number of amides is 2. The zero-order valence-corrected chi connectivity index (χ0v) is 20.2. The molecule has 4 bridgehead atoms. The molecule has 2 unspecified atom stereocenters. The topological polar surface area (TPSA) is 119 Å². The van der Waals surface area contributed by atoms with Crippen molar-refractivity contribution >= 4 is 18.0 Å². The quantitative estimate of drug-likeness (QED) is 0.526. The highest BCUT2D eigenvalue weighted by atomic mass is 16.5. The minimum Gasteiger partial charge on any atom is -0.477 e. The third-order valence-electron chi connectivity index (χ3n) is 7.85. The SMILES string of the molecule is CC(C)COc1c(C(=O)NC2C3CC4CC2CC(CO)(C4)C3)cnn1/C=C/C(C)(C)C(N)=O. The molecule has 4 fully saturated rings. The smallest absolute Gasteiger partial charge is 0.258 e. The molecule has 33 heavy (non-hydrogen) atoms. The fourth-order valence-electron chi connectivity index (χ4n) is 6.19. The summed E-state index contributed by atoms with van der Waals surface area (Å²) in [6, 6.07) is 0.124. The van der Waals surface area contributed by atoms with Gasteiger partial charge >= 0.3 is 0 Å². The van der Waals surface area contributed by atoms with E-state index in [1.165, 1.54) is 10.9 Å². The van der Waals surface area contributed by atoms with Crippen molar-refractivity contribution < 1.29 is 19.4 Å². The van der Waals surface area contributed by atoms with E-state index in [-0.39, 0.29) is 29.9 Å². The van der Waals surface area contributed by atoms with E-state index in [1.54, 1.807) is 26.1 Å². The van der Waals surface area contributed by atoms with Crippen molar-refractivity contribution in [3.63, 3.8) is 0 Å². The van der Waals surface area contributed by atoms with Gasteiger partial charge in [-0.1, -0.05) is 19.9 Å². The highest BCUT2D eigenvalue weighted by Crippen LogP contribution is 2.59. The van der Waals surface area contributed by atoms with E-state index < -0.39 is 11.3 Å². The van der Waals surface area contributed by atoms with Gasteiger partial charge in [0.1, 0.15) is 5.56 Å². The third-order valence-corrected chi connectivity index (χ3v) is 7.85. The Morgan fingerprint density at radius 1 is 1.33 bits per heavy atom. The first kappa shape index (κ1) is 23.8. The van der Waals surface area contributed by atoms with Crippen LogP contribution in [0.5, 0.6) is 5.88 Å². The lowest BCUT2D eigenvalue weighted by molar-refractivity contribution is -0.123. The molecule has 0 aliphatic heterocycles. The van der Waals surface area contributed by atoms with Gasteiger partial charge in [0.05, 0.1) is 18.2 Å². The summed E-state index contributed by atoms with van der Waals surface area (Å²) < 4.78 is 7.50. The van der Waals surface area contributed by atoms with E-state index in [0.29, 0.717) is 35.8 Å². The standard InChI is InChI=1S/C25H38N4O4/c1-15(2)13-33-22-19(12-27-29(22)6-5-24(3,4)23(26)32)21(31)28-20-17-7-16-8-18(20)11-25(9-16,10-17)14-30/h5-6,12,15-18,20,30H,7-11,13-14H2,1-4H3,(H2,26,32)(H,28,31)/b6-5+. The Labute approximate surface area is 195 Å². The predicted molar refractivity (Wildman–Crippen MR) is 125 cm³/mol. The monoisotopic (exact) mass is 458 g/mol. The minimum absolute atomic E-state index is 0.0617. The normalized spacial score (nSPS) is 30.8. The summed E-state index contributed by atoms with van der Waals surface area (Å²) in [6.45, 7) is 8.22. The molecule has 2 amide bonds. The lowest BCUT2D eigenvalue weighted by Gasteiger charge is -2.59. The Hall–Kier alpha value is -2.35. The number of nitrogens with one attached hydrogen (secondary N) is 1. The largest absolute Gasteiger partial charge is 0.477 e. The Bertz CT molecular complexity index is 919. The van der Waals surface area contributed by atoms with Crippen molar-refractivity contribution in [3.8, 4) is 5.88 Å². The maximum Gasteiger partial charge on any atom is 0.258 e. The Morgan fingerprint density at radius 3 is 2.58 bits per heavy atom. The molecule has 4 aliphatic carbocycles. The maximum absolute atomic E-state index is 13.4. The molecule has 1 aromatic rings. The lowest BCUT2D eigenvalue weighted by atomic mass is 9.48. The fourth-order valence-corrected chi connectivity index (χ4v) is 6.19. The first-order valence-corrected chi connectivity index (χ1v) is 12.1. The van der Waals surface area contributed by atoms with Gasteiger partial charge < -0.3 is 20.9 Å². The molecule has 0 saturated heterocycles. The van der Waals surface area contributed by atoms with Crippen molar-refractivity contribution in [1.29, 1.82) is 0 Å². The van der Waals surface area contributed by atoms with E-state index in [2.05, 4.69) is 10.4 Å². The van der Waals surface area contributed by atoms with Crippen molar-refractivity contribution in [2.24, 2.45) is 40.2 Å². The number of nitrogens with two attached hydrogens (primary N) is 1. The van der Waals surface area contributed by atoms with Gasteiger partial charge in [-0.25, -0.2) is 4.68 Å². The van der Waals surface area contributed by atoms with Crippen LogP contribution in [0.25, 0.3) is 6.20 Å². The zero-order valence-electron chi connectivity index (χ0n) is 20.2. The van der Waals surface area contributed by atoms with Gasteiger partial charge in [-0.15, -0.1) is 0 Å². The summed E-state index contributed by atoms with van der Waals surface area (Å²) in [7, 11) is 0. The number of carbonyl (C=O) groups is 2. The zero-order chi connectivity index (χ0) is 24.0. The van der Waals surface area contributed by atoms with Crippen LogP contribution < -0.4 is 15.8 Å². The van der Waals surface area contributed by atoms with E-state index in [4.69, 9.17) is 10.5 Å². The van der Waals surface area contributed by atoms with Crippen LogP contribution in [0.4, 0.5) is 0 Å². The first-order chi connectivity index (χ1) is 15.5. The van der Waals surface area contributed by atoms with E-state index in [1.807, 2.05) is 13.8 Å². The van der Waals surface area contributed by atoms with Gasteiger partial charge in [0, 0.05) is 18.8 Å². The second-order valence-corrected chi connectivity index (χ2v) is 11.5. The molecule has 8 heteroatoms. The summed E-state index contributed by atoms with van der Waals surface area (Å²) in [5.41, 5.74) is 5.07. The molecule has 4 saturated carbocycles. The third kappa shape index (κ3) is 4.67. The van der Waals surface area contributed by atoms with Crippen LogP contribution in [0.3, 0.4) is 0 Å². The number of hydrogen-bond acceptors (Lipinski definition) is 5. The Kier molecular flexibility index (Phi) is 6.33. The van der Waals surface area contributed by atoms with E-state index >= 15 is 0 Å². The molecule has 4 aliphatic rings. The van der Waals surface area contributed by atoms with Crippen LogP contribution in [-0.4, -0.2) is 46.0 Å². The van der Waals surface area contributed by atoms with Gasteiger partial charge in [0.15, 0.2) is 0 Å². The number of ether oxygens (including phenoxy) is 1. The highest BCUT2D eigenvalue weighted by molar-refractivity contribution is 5.96. The molecule has 5 rings (SSSR count). The van der Waals surface area contributed by atoms with Crippen LogP contribution in [0.1, 0.15) is 70.2 Å². The second-order valence-electron chi connectivity index (χ2n) is 11.5. The number of hydrogen-bond donors (Lipinski definition) is 3. The van der Waals surface area contributed by atoms with Gasteiger partial charge in [0.2, 0.25) is 11.8 Å². The summed E-state index contributed by atoms with van der Waals surface area (Å²) in [6.07, 6.45) is 10.2. The van der Waals surface area contributed by atoms with E-state index in [9.17, 15) is 14.7 Å². The second kappa shape index (κ2) is 8.78. The molecule has 4 N–H and O–H groups in total. The molecule has 182 valence electrons. The van der Waals surface area contributed by atoms with Gasteiger partial charge in [-0.05, 0) is 75.0 Å². The average Bonchev–Trinajstić information content (AvgIpc) is 3.15. The van der Waals surface area contributed by atoms with Crippen molar-refractivity contribution in [2.45, 2.75) is 65.8 Å². The summed E-state index contributed by atoms with van der Waals surface area (Å²) >= 11 is 0. The van der Waals surface area contributed by atoms with Crippen molar-refractivity contribution in [3.05, 3.63) is 17.8 Å². The molecule has 0 spiro atoms. The number of nitrogens with zero attached hydrogens (tertiary/aromatic N) is 2. The molecule has 0 aromatic carbocycles. The molecular weight excluding hydrogens is 420 g/mol. The lowest BCUT2D eigenvalue weighted by Crippen LogP contribution is -2.60. The van der Waals surface area contributed by atoms with Crippen LogP contribution in [0.15, 0.2) is 12.3 Å². The van der Waals surface area contributed by atoms with E-state index in [0.717, 1.165) is 32.1 Å². The molecule has 8 nitrogen and oxygen atoms in total. The van der Waals surface area contributed by atoms with Crippen LogP contribution in [0.2, 0.25) is 0 Å². The highest BCUT2D eigenvalue weighted by Gasteiger charge is 2.55. The Balaban J connectivity index is 1.54. The van der Waals surface area contributed by atoms with Crippen molar-refractivity contribution in [2.75, 3.05) is 13.2 Å². The summed E-state index contributed by atoms with van der Waals surface area (Å²) in [5, 5.41) is 17.7. The number of primary amides is 1. The maximum atomic E-state index is 13.4. The van der Waals surface area contributed by atoms with Gasteiger partial charge in [-0.3, -0.25) is 9.59 Å². The number of aliphatic hydroxyl groups excluding tert-OH is 1. The number of carbonyl (C=O) groups excluding carboxylic acids is 2. The van der Waals surface area contributed by atoms with Crippen LogP contribution in [-0.2, 0) is 4.79 Å². The Morgan fingerprint density at radius 2 is 2.00 bits per heavy atom. The first-order valence-electron chi connectivity index (χ1n) is 12.1. The van der Waals surface area contributed by atoms with Crippen LogP contribution >= 0.6 is 0 Å². The van der Waals surface area contributed by atoms with Gasteiger partial charge in [0.25, 0.3) is 5.91 Å². The average molecular weight is 459 g/mol. The summed E-state index contributed by atoms with van der Waals surface area (Å²) in [5.74, 6) is 1.52. The minimum atomic E-state index is -0.854. The molecule has 1 aromatic heterocycles. The van der Waals surface area contributed by atoms with Crippen molar-refractivity contribution in [1.82, 2.24) is 15.1 Å².